The first-order valence-corrected chi connectivity index (χ1v) is 9.20. The maximum Gasteiger partial charge on any atom is 0.233 e. The van der Waals surface area contributed by atoms with Gasteiger partial charge in [-0.25, -0.2) is 0 Å². The highest BCUT2D eigenvalue weighted by Crippen LogP contribution is 2.25. The van der Waals surface area contributed by atoms with Gasteiger partial charge in [-0.1, -0.05) is 23.7 Å². The molecule has 0 saturated heterocycles. The van der Waals surface area contributed by atoms with Gasteiger partial charge in [-0.3, -0.25) is 4.79 Å². The molecule has 0 bridgehead atoms. The molecule has 2 rings (SSSR count). The second-order valence-electron chi connectivity index (χ2n) is 5.45. The van der Waals surface area contributed by atoms with Crippen molar-refractivity contribution in [3.8, 4) is 5.75 Å². The van der Waals surface area contributed by atoms with Crippen molar-refractivity contribution in [2.24, 2.45) is 0 Å². The number of amides is 1. The molecule has 5 heteroatoms. The number of carbonyl (C=O) groups excluding carboxylic acids is 1. The van der Waals surface area contributed by atoms with Gasteiger partial charge in [0.2, 0.25) is 5.91 Å². The number of rotatable bonds is 7. The molecule has 0 unspecified atom stereocenters. The highest BCUT2D eigenvalue weighted by Gasteiger charge is 2.17. The van der Waals surface area contributed by atoms with Gasteiger partial charge in [0.15, 0.2) is 0 Å². The SMILES string of the molecule is CCOc1ccc([C@@H](C)NC(=O)[C@@H](C)Sc2ccc(Cl)cc2)cc1. The lowest BCUT2D eigenvalue weighted by Gasteiger charge is -2.18. The fourth-order valence-corrected chi connectivity index (χ4v) is 3.21. The van der Waals surface area contributed by atoms with Gasteiger partial charge in [0, 0.05) is 9.92 Å². The van der Waals surface area contributed by atoms with E-state index in [0.29, 0.717) is 11.6 Å². The van der Waals surface area contributed by atoms with E-state index in [0.717, 1.165) is 16.2 Å². The minimum atomic E-state index is -0.184. The molecule has 0 saturated carbocycles. The molecule has 2 aromatic carbocycles. The number of benzene rings is 2. The molecule has 2 aromatic rings. The maximum atomic E-state index is 12.4. The number of thioether (sulfide) groups is 1. The van der Waals surface area contributed by atoms with Gasteiger partial charge in [-0.2, -0.15) is 0 Å². The molecule has 0 aliphatic heterocycles. The summed E-state index contributed by atoms with van der Waals surface area (Å²) in [6, 6.07) is 15.3. The van der Waals surface area contributed by atoms with Crippen molar-refractivity contribution >= 4 is 29.3 Å². The average Bonchev–Trinajstić information content (AvgIpc) is 2.57. The molecule has 0 fully saturated rings. The largest absolute Gasteiger partial charge is 0.494 e. The van der Waals surface area contributed by atoms with Crippen molar-refractivity contribution in [1.82, 2.24) is 5.32 Å². The van der Waals surface area contributed by atoms with Crippen LogP contribution in [0, 0.1) is 0 Å². The summed E-state index contributed by atoms with van der Waals surface area (Å²) in [5.74, 6) is 0.850. The molecule has 1 amide bonds. The Morgan fingerprint density at radius 1 is 1.12 bits per heavy atom. The van der Waals surface area contributed by atoms with E-state index in [1.54, 1.807) is 0 Å². The first-order chi connectivity index (χ1) is 11.5. The molecule has 3 nitrogen and oxygen atoms in total. The monoisotopic (exact) mass is 363 g/mol. The summed E-state index contributed by atoms with van der Waals surface area (Å²) in [5, 5.41) is 3.56. The first-order valence-electron chi connectivity index (χ1n) is 7.95. The average molecular weight is 364 g/mol. The first kappa shape index (κ1) is 18.7. The van der Waals surface area contributed by atoms with E-state index in [1.165, 1.54) is 11.8 Å². The van der Waals surface area contributed by atoms with Crippen LogP contribution in [0.15, 0.2) is 53.4 Å². The minimum Gasteiger partial charge on any atom is -0.494 e. The maximum absolute atomic E-state index is 12.4. The van der Waals surface area contributed by atoms with Crippen LogP contribution in [0.2, 0.25) is 5.02 Å². The fourth-order valence-electron chi connectivity index (χ4n) is 2.20. The van der Waals surface area contributed by atoms with Crippen LogP contribution in [0.25, 0.3) is 0 Å². The topological polar surface area (TPSA) is 38.3 Å². The number of hydrogen-bond donors (Lipinski definition) is 1. The van der Waals surface area contributed by atoms with Crippen molar-refractivity contribution < 1.29 is 9.53 Å². The molecular formula is C19H22ClNO2S. The van der Waals surface area contributed by atoms with Crippen molar-refractivity contribution in [3.05, 3.63) is 59.1 Å². The van der Waals surface area contributed by atoms with E-state index >= 15 is 0 Å². The van der Waals surface area contributed by atoms with Gasteiger partial charge in [-0.05, 0) is 62.7 Å². The van der Waals surface area contributed by atoms with E-state index in [-0.39, 0.29) is 17.2 Å². The predicted octanol–water partition coefficient (Wildman–Crippen LogP) is 5.10. The van der Waals surface area contributed by atoms with Crippen molar-refractivity contribution in [3.63, 3.8) is 0 Å². The third kappa shape index (κ3) is 5.46. The zero-order valence-electron chi connectivity index (χ0n) is 14.1. The lowest BCUT2D eigenvalue weighted by molar-refractivity contribution is -0.120. The number of halogens is 1. The van der Waals surface area contributed by atoms with Crippen LogP contribution >= 0.6 is 23.4 Å². The van der Waals surface area contributed by atoms with E-state index in [4.69, 9.17) is 16.3 Å². The molecule has 0 aromatic heterocycles. The molecule has 24 heavy (non-hydrogen) atoms. The highest BCUT2D eigenvalue weighted by atomic mass is 35.5. The normalized spacial score (nSPS) is 13.2. The number of nitrogens with one attached hydrogen (secondary N) is 1. The molecule has 0 spiro atoms. The number of carbonyl (C=O) groups is 1. The van der Waals surface area contributed by atoms with Gasteiger partial charge >= 0.3 is 0 Å². The molecule has 0 aliphatic carbocycles. The Labute approximate surface area is 152 Å². The smallest absolute Gasteiger partial charge is 0.233 e. The summed E-state index contributed by atoms with van der Waals surface area (Å²) < 4.78 is 5.43. The summed E-state index contributed by atoms with van der Waals surface area (Å²) in [4.78, 5) is 13.4. The molecule has 0 aliphatic rings. The Bertz CT molecular complexity index is 658. The fraction of sp³-hybridized carbons (Fsp3) is 0.316. The molecule has 2 atom stereocenters. The van der Waals surface area contributed by atoms with Gasteiger partial charge in [0.25, 0.3) is 0 Å². The van der Waals surface area contributed by atoms with Crippen LogP contribution in [0.4, 0.5) is 0 Å². The van der Waals surface area contributed by atoms with Gasteiger partial charge in [0.1, 0.15) is 5.75 Å². The molecule has 128 valence electrons. The molecule has 0 radical (unpaired) electrons. The zero-order valence-corrected chi connectivity index (χ0v) is 15.7. The summed E-state index contributed by atoms with van der Waals surface area (Å²) >= 11 is 7.40. The van der Waals surface area contributed by atoms with Gasteiger partial charge in [-0.15, -0.1) is 11.8 Å². The summed E-state index contributed by atoms with van der Waals surface area (Å²) in [6.45, 7) is 6.48. The molecular weight excluding hydrogens is 342 g/mol. The Balaban J connectivity index is 1.91. The Morgan fingerprint density at radius 2 is 1.75 bits per heavy atom. The van der Waals surface area contributed by atoms with Crippen LogP contribution < -0.4 is 10.1 Å². The Morgan fingerprint density at radius 3 is 2.33 bits per heavy atom. The van der Waals surface area contributed by atoms with Crippen LogP contribution in [-0.2, 0) is 4.79 Å². The summed E-state index contributed by atoms with van der Waals surface area (Å²) in [6.07, 6.45) is 0. The predicted molar refractivity (Wildman–Crippen MR) is 101 cm³/mol. The van der Waals surface area contributed by atoms with Crippen LogP contribution in [0.1, 0.15) is 32.4 Å². The second kappa shape index (κ2) is 9.00. The number of ether oxygens (including phenoxy) is 1. The van der Waals surface area contributed by atoms with E-state index in [9.17, 15) is 4.79 Å². The van der Waals surface area contributed by atoms with Crippen molar-refractivity contribution in [2.75, 3.05) is 6.61 Å². The number of hydrogen-bond acceptors (Lipinski definition) is 3. The van der Waals surface area contributed by atoms with Crippen LogP contribution in [0.3, 0.4) is 0 Å². The van der Waals surface area contributed by atoms with Crippen molar-refractivity contribution in [1.29, 1.82) is 0 Å². The highest BCUT2D eigenvalue weighted by molar-refractivity contribution is 8.00. The second-order valence-corrected chi connectivity index (χ2v) is 7.30. The van der Waals surface area contributed by atoms with Gasteiger partial charge < -0.3 is 10.1 Å². The zero-order chi connectivity index (χ0) is 17.5. The van der Waals surface area contributed by atoms with Crippen molar-refractivity contribution in [2.45, 2.75) is 37.0 Å². The van der Waals surface area contributed by atoms with E-state index in [2.05, 4.69) is 5.32 Å². The molecule has 0 heterocycles. The minimum absolute atomic E-state index is 0.0105. The van der Waals surface area contributed by atoms with Crippen LogP contribution in [0.5, 0.6) is 5.75 Å². The third-order valence-electron chi connectivity index (χ3n) is 3.55. The van der Waals surface area contributed by atoms with E-state index in [1.807, 2.05) is 69.3 Å². The lowest BCUT2D eigenvalue weighted by atomic mass is 10.1. The molecule has 1 N–H and O–H groups in total. The summed E-state index contributed by atoms with van der Waals surface area (Å²) in [5.41, 5.74) is 1.05. The lowest BCUT2D eigenvalue weighted by Crippen LogP contribution is -2.33. The van der Waals surface area contributed by atoms with Crippen LogP contribution in [-0.4, -0.2) is 17.8 Å². The van der Waals surface area contributed by atoms with E-state index < -0.39 is 0 Å². The standard InChI is InChI=1S/C19H22ClNO2S/c1-4-23-17-9-5-15(6-10-17)13(2)21-19(22)14(3)24-18-11-7-16(20)8-12-18/h5-14H,4H2,1-3H3,(H,21,22)/t13-,14-/m1/s1. The quantitative estimate of drug-likeness (QED) is 0.696. The van der Waals surface area contributed by atoms with Gasteiger partial charge in [0.05, 0.1) is 17.9 Å². The Kier molecular flexibility index (Phi) is 7.00. The third-order valence-corrected chi connectivity index (χ3v) is 4.91. The summed E-state index contributed by atoms with van der Waals surface area (Å²) in [7, 11) is 0. The Hall–Kier alpha value is -1.65.